The second-order valence-corrected chi connectivity index (χ2v) is 9.52. The molecule has 1 aliphatic rings. The van der Waals surface area contributed by atoms with Crippen molar-refractivity contribution in [3.05, 3.63) is 84.5 Å². The average molecular weight is 551 g/mol. The van der Waals surface area contributed by atoms with E-state index in [9.17, 15) is 14.4 Å². The lowest BCUT2D eigenvalue weighted by Gasteiger charge is -2.25. The maximum Gasteiger partial charge on any atom is 0.338 e. The third kappa shape index (κ3) is 5.80. The predicted molar refractivity (Wildman–Crippen MR) is 147 cm³/mol. The second-order valence-electron chi connectivity index (χ2n) is 8.51. The summed E-state index contributed by atoms with van der Waals surface area (Å²) in [5.74, 6) is 0.393. The molecule has 4 rings (SSSR count). The third-order valence-corrected chi connectivity index (χ3v) is 6.84. The van der Waals surface area contributed by atoms with Gasteiger partial charge in [0, 0.05) is 12.5 Å². The first kappa shape index (κ1) is 27.8. The van der Waals surface area contributed by atoms with E-state index in [0.29, 0.717) is 56.6 Å². The molecule has 0 amide bonds. The molecule has 10 heteroatoms. The Morgan fingerprint density at radius 3 is 2.41 bits per heavy atom. The van der Waals surface area contributed by atoms with Crippen molar-refractivity contribution in [2.75, 3.05) is 19.8 Å². The molecule has 0 N–H and O–H groups in total. The van der Waals surface area contributed by atoms with E-state index < -0.39 is 18.0 Å². The molecule has 2 aromatic carbocycles. The molecule has 0 saturated heterocycles. The molecule has 0 radical (unpaired) electrons. The van der Waals surface area contributed by atoms with Crippen LogP contribution in [-0.2, 0) is 14.3 Å². The first-order valence-electron chi connectivity index (χ1n) is 12.7. The molecule has 0 spiro atoms. The van der Waals surface area contributed by atoms with Crippen molar-refractivity contribution < 1.29 is 28.5 Å². The fourth-order valence-electron chi connectivity index (χ4n) is 4.33. The normalized spacial score (nSPS) is 14.9. The highest BCUT2D eigenvalue weighted by molar-refractivity contribution is 7.07. The number of hydrogen-bond donors (Lipinski definition) is 0. The van der Waals surface area contributed by atoms with Crippen molar-refractivity contribution in [1.29, 1.82) is 0 Å². The minimum atomic E-state index is -0.805. The van der Waals surface area contributed by atoms with E-state index in [-0.39, 0.29) is 17.7 Å². The minimum Gasteiger partial charge on any atom is -0.490 e. The Morgan fingerprint density at radius 1 is 1.00 bits per heavy atom. The summed E-state index contributed by atoms with van der Waals surface area (Å²) in [4.78, 5) is 43.7. The highest BCUT2D eigenvalue weighted by Gasteiger charge is 2.34. The molecule has 0 bridgehead atoms. The van der Waals surface area contributed by atoms with Gasteiger partial charge in [-0.1, -0.05) is 35.6 Å². The lowest BCUT2D eigenvalue weighted by atomic mass is 9.95. The molecule has 1 atom stereocenters. The highest BCUT2D eigenvalue weighted by Crippen LogP contribution is 2.36. The summed E-state index contributed by atoms with van der Waals surface area (Å²) in [5.41, 5.74) is 1.59. The number of nitrogens with zero attached hydrogens (tertiary/aromatic N) is 2. The summed E-state index contributed by atoms with van der Waals surface area (Å²) in [6.45, 7) is 9.56. The first-order chi connectivity index (χ1) is 18.8. The van der Waals surface area contributed by atoms with Crippen LogP contribution < -0.4 is 29.1 Å². The molecule has 0 unspecified atom stereocenters. The Labute approximate surface area is 229 Å². The predicted octanol–water partition coefficient (Wildman–Crippen LogP) is 3.52. The number of ether oxygens (including phenoxy) is 4. The summed E-state index contributed by atoms with van der Waals surface area (Å²) in [6.07, 6.45) is 1.66. The van der Waals surface area contributed by atoms with Crippen LogP contribution in [-0.4, -0.2) is 36.3 Å². The Hall–Kier alpha value is -4.18. The largest absolute Gasteiger partial charge is 0.490 e. The quantitative estimate of drug-likeness (QED) is 0.297. The van der Waals surface area contributed by atoms with Crippen LogP contribution in [0.25, 0.3) is 6.08 Å². The lowest BCUT2D eigenvalue weighted by Crippen LogP contribution is -2.40. The average Bonchev–Trinajstić information content (AvgIpc) is 3.19. The van der Waals surface area contributed by atoms with Crippen LogP contribution in [0, 0.1) is 0 Å². The Bertz CT molecular complexity index is 1620. The molecule has 9 nitrogen and oxygen atoms in total. The van der Waals surface area contributed by atoms with E-state index in [1.54, 1.807) is 56.3 Å². The molecule has 2 heterocycles. The molecule has 3 aromatic rings. The van der Waals surface area contributed by atoms with Gasteiger partial charge in [0.25, 0.3) is 5.56 Å². The van der Waals surface area contributed by atoms with Crippen LogP contribution >= 0.6 is 11.3 Å². The number of fused-ring (bicyclic) bond motifs is 1. The Balaban J connectivity index is 1.95. The van der Waals surface area contributed by atoms with Gasteiger partial charge >= 0.3 is 11.9 Å². The summed E-state index contributed by atoms with van der Waals surface area (Å²) in [6, 6.07) is 11.5. The van der Waals surface area contributed by atoms with Crippen LogP contribution in [0.15, 0.2) is 63.5 Å². The van der Waals surface area contributed by atoms with E-state index >= 15 is 0 Å². The van der Waals surface area contributed by atoms with Gasteiger partial charge in [-0.3, -0.25) is 14.2 Å². The zero-order valence-electron chi connectivity index (χ0n) is 22.5. The third-order valence-electron chi connectivity index (χ3n) is 5.86. The second kappa shape index (κ2) is 12.1. The summed E-state index contributed by atoms with van der Waals surface area (Å²) in [7, 11) is 0. The van der Waals surface area contributed by atoms with Crippen molar-refractivity contribution >= 4 is 29.4 Å². The van der Waals surface area contributed by atoms with Gasteiger partial charge in [-0.2, -0.15) is 0 Å². The number of aromatic nitrogens is 1. The fraction of sp³-hybridized carbons (Fsp3) is 0.310. The van der Waals surface area contributed by atoms with Crippen LogP contribution in [0.1, 0.15) is 51.8 Å². The number of carbonyl (C=O) groups excluding carboxylic acids is 2. The Morgan fingerprint density at radius 2 is 1.72 bits per heavy atom. The monoisotopic (exact) mass is 550 g/mol. The molecular formula is C29H30N2O7S. The van der Waals surface area contributed by atoms with Gasteiger partial charge < -0.3 is 18.9 Å². The van der Waals surface area contributed by atoms with E-state index in [1.807, 2.05) is 19.9 Å². The first-order valence-corrected chi connectivity index (χ1v) is 13.5. The zero-order chi connectivity index (χ0) is 28.1. The summed E-state index contributed by atoms with van der Waals surface area (Å²) >= 11 is 1.18. The molecular weight excluding hydrogens is 520 g/mol. The van der Waals surface area contributed by atoms with Crippen molar-refractivity contribution in [2.24, 2.45) is 4.99 Å². The highest BCUT2D eigenvalue weighted by atomic mass is 32.1. The molecule has 0 aliphatic carbocycles. The number of hydrogen-bond acceptors (Lipinski definition) is 9. The number of esters is 2. The van der Waals surface area contributed by atoms with Crippen molar-refractivity contribution in [3.63, 3.8) is 0 Å². The van der Waals surface area contributed by atoms with Crippen LogP contribution in [0.2, 0.25) is 0 Å². The van der Waals surface area contributed by atoms with Gasteiger partial charge in [-0.15, -0.1) is 0 Å². The topological polar surface area (TPSA) is 105 Å². The number of para-hydroxylation sites is 1. The van der Waals surface area contributed by atoms with Gasteiger partial charge in [-0.25, -0.2) is 9.79 Å². The number of carbonyl (C=O) groups is 2. The maximum atomic E-state index is 13.9. The number of benzene rings is 2. The van der Waals surface area contributed by atoms with Gasteiger partial charge in [0.15, 0.2) is 16.3 Å². The van der Waals surface area contributed by atoms with E-state index in [4.69, 9.17) is 18.9 Å². The molecule has 204 valence electrons. The van der Waals surface area contributed by atoms with Crippen molar-refractivity contribution in [2.45, 2.75) is 40.7 Å². The van der Waals surface area contributed by atoms with Crippen molar-refractivity contribution in [3.8, 4) is 17.2 Å². The van der Waals surface area contributed by atoms with E-state index in [0.717, 1.165) is 0 Å². The summed E-state index contributed by atoms with van der Waals surface area (Å²) < 4.78 is 24.1. The van der Waals surface area contributed by atoms with E-state index in [2.05, 4.69) is 4.99 Å². The molecule has 0 fully saturated rings. The molecule has 1 aromatic heterocycles. The van der Waals surface area contributed by atoms with Gasteiger partial charge in [0.05, 0.1) is 41.7 Å². The van der Waals surface area contributed by atoms with Crippen LogP contribution in [0.5, 0.6) is 17.2 Å². The fourth-order valence-corrected chi connectivity index (χ4v) is 5.37. The summed E-state index contributed by atoms with van der Waals surface area (Å²) in [5, 5.41) is 0. The lowest BCUT2D eigenvalue weighted by molar-refractivity contribution is -0.139. The minimum absolute atomic E-state index is 0.174. The Kier molecular flexibility index (Phi) is 8.65. The standard InChI is InChI=1S/C29H30N2O7S/c1-6-35-22-14-13-20(15-23(22)36-7-2)26-25(28(34)37-8-3)17(4)30-29-31(26)27(33)24(39-29)16-19-11-9-10-12-21(19)38-18(5)32/h9-16,26H,6-8H2,1-5H3/b24-16-/t26-/m0/s1. The molecule has 0 saturated carbocycles. The van der Waals surface area contributed by atoms with Gasteiger partial charge in [-0.05, 0) is 57.5 Å². The van der Waals surface area contributed by atoms with E-state index in [1.165, 1.54) is 22.8 Å². The van der Waals surface area contributed by atoms with Crippen LogP contribution in [0.3, 0.4) is 0 Å². The zero-order valence-corrected chi connectivity index (χ0v) is 23.3. The molecule has 39 heavy (non-hydrogen) atoms. The van der Waals surface area contributed by atoms with Crippen LogP contribution in [0.4, 0.5) is 0 Å². The number of allylic oxidation sites excluding steroid dienone is 1. The van der Waals surface area contributed by atoms with Gasteiger partial charge in [0.2, 0.25) is 0 Å². The molecule has 1 aliphatic heterocycles. The maximum absolute atomic E-state index is 13.9. The SMILES string of the molecule is CCOC(=O)C1=C(C)N=c2s/c(=C\c3ccccc3OC(C)=O)c(=O)n2[C@H]1c1ccc(OCC)c(OCC)c1. The van der Waals surface area contributed by atoms with Crippen molar-refractivity contribution in [1.82, 2.24) is 4.57 Å². The van der Waals surface area contributed by atoms with Gasteiger partial charge in [0.1, 0.15) is 5.75 Å². The smallest absolute Gasteiger partial charge is 0.338 e. The number of rotatable bonds is 9. The number of thiazole rings is 1.